The van der Waals surface area contributed by atoms with E-state index in [4.69, 9.17) is 21.7 Å². The lowest BCUT2D eigenvalue weighted by molar-refractivity contribution is -0.122. The van der Waals surface area contributed by atoms with Crippen molar-refractivity contribution in [1.82, 2.24) is 5.32 Å². The van der Waals surface area contributed by atoms with Gasteiger partial charge in [-0.05, 0) is 123 Å². The van der Waals surface area contributed by atoms with Crippen LogP contribution in [0.3, 0.4) is 0 Å². The summed E-state index contributed by atoms with van der Waals surface area (Å²) in [6.07, 6.45) is 2.42. The van der Waals surface area contributed by atoms with Crippen LogP contribution in [0, 0.1) is 7.14 Å². The summed E-state index contributed by atoms with van der Waals surface area (Å²) in [6, 6.07) is 19.2. The van der Waals surface area contributed by atoms with Crippen molar-refractivity contribution in [3.05, 3.63) is 90.1 Å². The highest BCUT2D eigenvalue weighted by Crippen LogP contribution is 2.35. The zero-order valence-corrected chi connectivity index (χ0v) is 24.6. The molecule has 0 saturated carbocycles. The molecule has 0 aromatic heterocycles. The highest BCUT2D eigenvalue weighted by atomic mass is 127. The molecule has 3 aromatic rings. The number of halogens is 2. The molecule has 1 aliphatic rings. The molecule has 1 heterocycles. The molecule has 1 aliphatic heterocycles. The summed E-state index contributed by atoms with van der Waals surface area (Å²) in [7, 11) is 1.55. The predicted molar refractivity (Wildman–Crippen MR) is 161 cm³/mol. The lowest BCUT2D eigenvalue weighted by atomic mass is 10.1. The van der Waals surface area contributed by atoms with Gasteiger partial charge in [-0.1, -0.05) is 31.2 Å². The Hall–Kier alpha value is -2.51. The average molecular weight is 724 g/mol. The molecule has 0 radical (unpaired) electrons. The number of nitrogens with one attached hydrogen (secondary N) is 1. The zero-order valence-electron chi connectivity index (χ0n) is 19.5. The van der Waals surface area contributed by atoms with E-state index in [1.165, 1.54) is 4.90 Å². The summed E-state index contributed by atoms with van der Waals surface area (Å²) in [5, 5.41) is 2.68. The molecule has 184 valence electrons. The van der Waals surface area contributed by atoms with Crippen molar-refractivity contribution in [3.8, 4) is 11.5 Å². The Morgan fingerprint density at radius 1 is 1.00 bits per heavy atom. The van der Waals surface area contributed by atoms with Gasteiger partial charge in [0.25, 0.3) is 11.8 Å². The van der Waals surface area contributed by atoms with Gasteiger partial charge < -0.3 is 9.47 Å². The van der Waals surface area contributed by atoms with E-state index in [0.717, 1.165) is 24.7 Å². The van der Waals surface area contributed by atoms with Gasteiger partial charge in [0.15, 0.2) is 16.6 Å². The van der Waals surface area contributed by atoms with Gasteiger partial charge in [0.1, 0.15) is 12.2 Å². The Kier molecular flexibility index (Phi) is 8.62. The van der Waals surface area contributed by atoms with Crippen molar-refractivity contribution in [1.29, 1.82) is 0 Å². The number of nitrogens with zero attached hydrogens (tertiary/aromatic N) is 1. The van der Waals surface area contributed by atoms with E-state index < -0.39 is 11.8 Å². The van der Waals surface area contributed by atoms with Crippen LogP contribution < -0.4 is 19.7 Å². The Labute approximate surface area is 242 Å². The van der Waals surface area contributed by atoms with Gasteiger partial charge in [0.05, 0.1) is 16.4 Å². The van der Waals surface area contributed by atoms with Crippen LogP contribution in [-0.2, 0) is 22.6 Å². The smallest absolute Gasteiger partial charge is 0.270 e. The van der Waals surface area contributed by atoms with Gasteiger partial charge in [0, 0.05) is 3.57 Å². The van der Waals surface area contributed by atoms with Crippen molar-refractivity contribution >= 4 is 86.1 Å². The molecule has 9 heteroatoms. The standard InChI is InChI=1S/C27H22I2N2O4S/c1-3-16-6-10-20(11-7-16)31-26(33)21(25(32)30-27(31)36)12-18-13-22(29)24(23(14-18)34-2)35-15-17-4-8-19(28)9-5-17/h4-14H,3,15H2,1-2H3,(H,30,32,36)/b21-12+. The molecule has 0 atom stereocenters. The summed E-state index contributed by atoms with van der Waals surface area (Å²) in [6.45, 7) is 2.44. The van der Waals surface area contributed by atoms with E-state index in [9.17, 15) is 9.59 Å². The lowest BCUT2D eigenvalue weighted by Crippen LogP contribution is -2.54. The number of amides is 2. The van der Waals surface area contributed by atoms with E-state index in [1.807, 2.05) is 54.6 Å². The van der Waals surface area contributed by atoms with Crippen molar-refractivity contribution in [2.75, 3.05) is 12.0 Å². The molecule has 1 N–H and O–H groups in total. The first kappa shape index (κ1) is 26.6. The van der Waals surface area contributed by atoms with Crippen LogP contribution in [0.2, 0.25) is 0 Å². The van der Waals surface area contributed by atoms with Gasteiger partial charge in [-0.2, -0.15) is 0 Å². The number of carbonyl (C=O) groups excluding carboxylic acids is 2. The fraction of sp³-hybridized carbons (Fsp3) is 0.148. The summed E-state index contributed by atoms with van der Waals surface area (Å²) in [4.78, 5) is 27.4. The Morgan fingerprint density at radius 2 is 1.67 bits per heavy atom. The van der Waals surface area contributed by atoms with Gasteiger partial charge in [0.2, 0.25) is 0 Å². The first-order valence-corrected chi connectivity index (χ1v) is 13.6. The van der Waals surface area contributed by atoms with Crippen LogP contribution in [0.25, 0.3) is 6.08 Å². The quantitative estimate of drug-likeness (QED) is 0.143. The molecule has 0 unspecified atom stereocenters. The number of aryl methyl sites for hydroxylation is 1. The van der Waals surface area contributed by atoms with E-state index >= 15 is 0 Å². The third-order valence-electron chi connectivity index (χ3n) is 5.56. The van der Waals surface area contributed by atoms with Crippen molar-refractivity contribution in [3.63, 3.8) is 0 Å². The van der Waals surface area contributed by atoms with Crippen LogP contribution in [0.1, 0.15) is 23.6 Å². The first-order chi connectivity index (χ1) is 17.3. The number of methoxy groups -OCH3 is 1. The molecule has 1 fully saturated rings. The summed E-state index contributed by atoms with van der Waals surface area (Å²) >= 11 is 9.72. The highest BCUT2D eigenvalue weighted by Gasteiger charge is 2.34. The number of carbonyl (C=O) groups is 2. The molecule has 0 bridgehead atoms. The van der Waals surface area contributed by atoms with Crippen LogP contribution >= 0.6 is 57.4 Å². The van der Waals surface area contributed by atoms with Crippen molar-refractivity contribution in [2.24, 2.45) is 0 Å². The number of thiocarbonyl (C=S) groups is 1. The van der Waals surface area contributed by atoms with Crippen molar-refractivity contribution < 1.29 is 19.1 Å². The molecule has 36 heavy (non-hydrogen) atoms. The summed E-state index contributed by atoms with van der Waals surface area (Å²) in [5.74, 6) is 0.0722. The number of hydrogen-bond donors (Lipinski definition) is 1. The van der Waals surface area contributed by atoms with Crippen LogP contribution in [-0.4, -0.2) is 24.0 Å². The fourth-order valence-electron chi connectivity index (χ4n) is 3.64. The predicted octanol–water partition coefficient (Wildman–Crippen LogP) is 5.88. The van der Waals surface area contributed by atoms with Crippen LogP contribution in [0.4, 0.5) is 5.69 Å². The SMILES string of the molecule is CCc1ccc(N2C(=O)/C(=C/c3cc(I)c(OCc4ccc(I)cc4)c(OC)c3)C(=O)NC2=S)cc1. The molecule has 2 amide bonds. The fourth-order valence-corrected chi connectivity index (χ4v) is 5.06. The van der Waals surface area contributed by atoms with Crippen LogP contribution in [0.15, 0.2) is 66.2 Å². The van der Waals surface area contributed by atoms with Gasteiger partial charge in [-0.25, -0.2) is 0 Å². The summed E-state index contributed by atoms with van der Waals surface area (Å²) in [5.41, 5.74) is 3.38. The third kappa shape index (κ3) is 5.89. The maximum Gasteiger partial charge on any atom is 0.270 e. The Bertz CT molecular complexity index is 1360. The zero-order chi connectivity index (χ0) is 25.8. The molecule has 4 rings (SSSR count). The normalized spacial score (nSPS) is 14.7. The third-order valence-corrected chi connectivity index (χ3v) is 7.37. The molecular weight excluding hydrogens is 702 g/mol. The lowest BCUT2D eigenvalue weighted by Gasteiger charge is -2.29. The number of benzene rings is 3. The topological polar surface area (TPSA) is 67.9 Å². The van der Waals surface area contributed by atoms with Gasteiger partial charge in [-0.15, -0.1) is 0 Å². The molecule has 6 nitrogen and oxygen atoms in total. The molecule has 1 saturated heterocycles. The Balaban J connectivity index is 1.62. The maximum absolute atomic E-state index is 13.3. The first-order valence-electron chi connectivity index (χ1n) is 11.1. The second-order valence-corrected chi connectivity index (χ2v) is 10.7. The van der Waals surface area contributed by atoms with Crippen molar-refractivity contribution in [2.45, 2.75) is 20.0 Å². The minimum absolute atomic E-state index is 0.0198. The minimum atomic E-state index is -0.542. The largest absolute Gasteiger partial charge is 0.493 e. The minimum Gasteiger partial charge on any atom is -0.493 e. The Morgan fingerprint density at radius 3 is 2.31 bits per heavy atom. The molecule has 0 spiro atoms. The second-order valence-electron chi connectivity index (χ2n) is 7.93. The molecule has 0 aliphatic carbocycles. The number of ether oxygens (including phenoxy) is 2. The second kappa shape index (κ2) is 11.7. The number of hydrogen-bond acceptors (Lipinski definition) is 5. The molecular formula is C27H22I2N2O4S. The highest BCUT2D eigenvalue weighted by molar-refractivity contribution is 14.1. The van der Waals surface area contributed by atoms with E-state index in [1.54, 1.807) is 19.3 Å². The monoisotopic (exact) mass is 724 g/mol. The van der Waals surface area contributed by atoms with E-state index in [2.05, 4.69) is 57.4 Å². The summed E-state index contributed by atoms with van der Waals surface area (Å²) < 4.78 is 13.6. The number of anilines is 1. The maximum atomic E-state index is 13.3. The van der Waals surface area contributed by atoms with Gasteiger partial charge in [-0.3, -0.25) is 19.8 Å². The average Bonchev–Trinajstić information content (AvgIpc) is 2.87. The van der Waals surface area contributed by atoms with E-state index in [-0.39, 0.29) is 10.7 Å². The van der Waals surface area contributed by atoms with Gasteiger partial charge >= 0.3 is 0 Å². The molecule has 3 aromatic carbocycles. The number of rotatable bonds is 7. The van der Waals surface area contributed by atoms with E-state index in [0.29, 0.717) is 29.4 Å². The van der Waals surface area contributed by atoms with Crippen LogP contribution in [0.5, 0.6) is 11.5 Å².